The first kappa shape index (κ1) is 41.4. The SMILES string of the molecule is C#CCOC(=O)c1oc(CC[C@@H](CO[Si](C(C)C)(C(C)C)C(C)C)NC(=O)N[C@H](CN=[N+]=[N-])Cc2ccccc2)c(C(=O)OC)c1C(=O)OC. The first-order valence-corrected chi connectivity index (χ1v) is 18.6. The van der Waals surface area contributed by atoms with E-state index in [1.165, 1.54) is 0 Å². The van der Waals surface area contributed by atoms with Gasteiger partial charge in [-0.15, -0.1) is 6.42 Å². The van der Waals surface area contributed by atoms with Crippen molar-refractivity contribution in [2.45, 2.75) is 89.5 Å². The number of aryl methyl sites for hydroxylation is 1. The van der Waals surface area contributed by atoms with Crippen LogP contribution in [0.1, 0.15) is 90.6 Å². The summed E-state index contributed by atoms with van der Waals surface area (Å²) in [6, 6.07) is 7.79. The molecule has 0 aliphatic heterocycles. The van der Waals surface area contributed by atoms with Crippen molar-refractivity contribution >= 4 is 32.3 Å². The Hall–Kier alpha value is -4.77. The van der Waals surface area contributed by atoms with Crippen molar-refractivity contribution in [2.75, 3.05) is 34.0 Å². The molecule has 2 amide bonds. The van der Waals surface area contributed by atoms with Crippen LogP contribution in [0, 0.1) is 12.3 Å². The third kappa shape index (κ3) is 10.9. The molecular weight excluding hydrogens is 662 g/mol. The second-order valence-corrected chi connectivity index (χ2v) is 18.1. The number of urea groups is 1. The van der Waals surface area contributed by atoms with E-state index in [9.17, 15) is 19.2 Å². The fourth-order valence-electron chi connectivity index (χ4n) is 6.44. The maximum absolute atomic E-state index is 13.5. The Balaban J connectivity index is 2.51. The van der Waals surface area contributed by atoms with Gasteiger partial charge in [-0.25, -0.2) is 19.2 Å². The number of methoxy groups -OCH3 is 2. The van der Waals surface area contributed by atoms with E-state index in [0.29, 0.717) is 6.42 Å². The lowest BCUT2D eigenvalue weighted by molar-refractivity contribution is 0.0492. The smallest absolute Gasteiger partial charge is 0.376 e. The molecule has 0 aliphatic carbocycles. The molecule has 0 bridgehead atoms. The fraction of sp³-hybridized carbons (Fsp3) is 0.543. The van der Waals surface area contributed by atoms with Gasteiger partial charge in [-0.3, -0.25) is 0 Å². The highest BCUT2D eigenvalue weighted by Crippen LogP contribution is 2.42. The Morgan fingerprint density at radius 3 is 2.04 bits per heavy atom. The van der Waals surface area contributed by atoms with E-state index < -0.39 is 62.3 Å². The fourth-order valence-corrected chi connectivity index (χ4v) is 11.9. The zero-order valence-electron chi connectivity index (χ0n) is 30.1. The Labute approximate surface area is 294 Å². The van der Waals surface area contributed by atoms with Crippen molar-refractivity contribution in [1.29, 1.82) is 0 Å². The van der Waals surface area contributed by atoms with Gasteiger partial charge in [0, 0.05) is 23.9 Å². The number of carbonyl (C=O) groups is 4. The summed E-state index contributed by atoms with van der Waals surface area (Å²) >= 11 is 0. The van der Waals surface area contributed by atoms with Gasteiger partial charge in [0.25, 0.3) is 0 Å². The maximum Gasteiger partial charge on any atom is 0.376 e. The summed E-state index contributed by atoms with van der Waals surface area (Å²) in [4.78, 5) is 55.0. The number of benzene rings is 1. The number of rotatable bonds is 19. The first-order chi connectivity index (χ1) is 23.8. The summed E-state index contributed by atoms with van der Waals surface area (Å²) in [7, 11) is -0.193. The van der Waals surface area contributed by atoms with Gasteiger partial charge in [-0.1, -0.05) is 82.9 Å². The van der Waals surface area contributed by atoms with Crippen LogP contribution in [0.25, 0.3) is 10.4 Å². The number of carbonyl (C=O) groups excluding carboxylic acids is 4. The van der Waals surface area contributed by atoms with Crippen LogP contribution >= 0.6 is 0 Å². The molecule has 0 spiro atoms. The van der Waals surface area contributed by atoms with Crippen LogP contribution in [0.15, 0.2) is 39.9 Å². The second kappa shape index (κ2) is 20.0. The molecule has 0 fully saturated rings. The lowest BCUT2D eigenvalue weighted by Gasteiger charge is -2.43. The van der Waals surface area contributed by atoms with E-state index in [4.69, 9.17) is 35.0 Å². The third-order valence-corrected chi connectivity index (χ3v) is 14.6. The van der Waals surface area contributed by atoms with Crippen LogP contribution in [0.2, 0.25) is 16.6 Å². The molecule has 0 aliphatic rings. The van der Waals surface area contributed by atoms with E-state index in [1.54, 1.807) is 0 Å². The van der Waals surface area contributed by atoms with Gasteiger partial charge in [-0.2, -0.15) is 0 Å². The van der Waals surface area contributed by atoms with Gasteiger partial charge in [0.15, 0.2) is 14.9 Å². The highest BCUT2D eigenvalue weighted by atomic mass is 28.4. The summed E-state index contributed by atoms with van der Waals surface area (Å²) in [5.41, 5.74) is 9.91. The van der Waals surface area contributed by atoms with Crippen LogP contribution in [0.4, 0.5) is 4.79 Å². The normalized spacial score (nSPS) is 12.4. The van der Waals surface area contributed by atoms with Crippen molar-refractivity contribution in [2.24, 2.45) is 5.11 Å². The molecule has 14 nitrogen and oxygen atoms in total. The zero-order chi connectivity index (χ0) is 37.4. The molecule has 1 aromatic carbocycles. The Kier molecular flexibility index (Phi) is 16.6. The van der Waals surface area contributed by atoms with Crippen LogP contribution in [0.3, 0.4) is 0 Å². The monoisotopic (exact) mass is 711 g/mol. The molecule has 1 heterocycles. The number of furan rings is 1. The number of esters is 3. The molecule has 0 saturated carbocycles. The van der Waals surface area contributed by atoms with Crippen molar-refractivity contribution < 1.29 is 42.2 Å². The summed E-state index contributed by atoms with van der Waals surface area (Å²) in [5.74, 6) is -1.48. The van der Waals surface area contributed by atoms with Gasteiger partial charge < -0.3 is 33.7 Å². The van der Waals surface area contributed by atoms with Gasteiger partial charge in [0.05, 0.1) is 26.9 Å². The van der Waals surface area contributed by atoms with Crippen LogP contribution in [-0.4, -0.2) is 78.3 Å². The molecule has 2 atom stereocenters. The number of azide groups is 1. The molecule has 0 radical (unpaired) electrons. The first-order valence-electron chi connectivity index (χ1n) is 16.5. The van der Waals surface area contributed by atoms with Gasteiger partial charge in [0.2, 0.25) is 5.76 Å². The maximum atomic E-state index is 13.5. The molecule has 2 N–H and O–H groups in total. The molecule has 0 saturated heterocycles. The van der Waals surface area contributed by atoms with Gasteiger partial charge >= 0.3 is 23.9 Å². The molecular formula is C35H49N5O9Si. The molecule has 2 rings (SSSR count). The average molecular weight is 712 g/mol. The second-order valence-electron chi connectivity index (χ2n) is 12.6. The lowest BCUT2D eigenvalue weighted by Crippen LogP contribution is -2.53. The van der Waals surface area contributed by atoms with Crippen molar-refractivity contribution in [3.05, 3.63) is 69.0 Å². The van der Waals surface area contributed by atoms with Gasteiger partial charge in [-0.05, 0) is 40.6 Å². The molecule has 272 valence electrons. The highest BCUT2D eigenvalue weighted by Gasteiger charge is 2.45. The number of nitrogens with zero attached hydrogens (tertiary/aromatic N) is 3. The standard InChI is InChI=1S/C35H49N5O9Si/c1-10-18-47-34(43)31-30(33(42)46-9)29(32(41)45-8)28(49-31)17-16-26(21-48-50(22(2)3,23(4)5)24(6)7)38-35(44)39-27(20-37-40-36)19-25-14-12-11-13-15-25/h1,11-15,22-24,26-27H,16-21H2,2-9H3,(H2,38,39,44)/t26-,27-/m0/s1. The van der Waals surface area contributed by atoms with E-state index in [1.807, 2.05) is 30.3 Å². The molecule has 15 heteroatoms. The number of hydrogen-bond donors (Lipinski definition) is 2. The molecule has 2 aromatic rings. The Morgan fingerprint density at radius 2 is 1.50 bits per heavy atom. The van der Waals surface area contributed by atoms with Crippen molar-refractivity contribution in [3.63, 3.8) is 0 Å². The topological polar surface area (TPSA) is 191 Å². The number of amides is 2. The van der Waals surface area contributed by atoms with E-state index in [-0.39, 0.29) is 53.9 Å². The summed E-state index contributed by atoms with van der Waals surface area (Å²) in [5, 5.41) is 9.57. The van der Waals surface area contributed by atoms with E-state index >= 15 is 0 Å². The highest BCUT2D eigenvalue weighted by molar-refractivity contribution is 6.77. The van der Waals surface area contributed by atoms with Gasteiger partial charge in [0.1, 0.15) is 16.9 Å². The Morgan fingerprint density at radius 1 is 0.920 bits per heavy atom. The average Bonchev–Trinajstić information content (AvgIpc) is 3.47. The van der Waals surface area contributed by atoms with E-state index in [2.05, 4.69) is 68.1 Å². The Bertz CT molecular complexity index is 1520. The minimum atomic E-state index is -2.40. The van der Waals surface area contributed by atoms with Crippen LogP contribution < -0.4 is 10.6 Å². The number of hydrogen-bond acceptors (Lipinski definition) is 10. The minimum Gasteiger partial charge on any atom is -0.465 e. The molecule has 0 unspecified atom stereocenters. The van der Waals surface area contributed by atoms with Crippen molar-refractivity contribution in [3.8, 4) is 12.3 Å². The summed E-state index contributed by atoms with van der Waals surface area (Å²) in [6.45, 7) is 12.6. The predicted octanol–water partition coefficient (Wildman–Crippen LogP) is 6.36. The zero-order valence-corrected chi connectivity index (χ0v) is 31.1. The van der Waals surface area contributed by atoms with Crippen molar-refractivity contribution in [1.82, 2.24) is 10.6 Å². The summed E-state index contributed by atoms with van der Waals surface area (Å²) < 4.78 is 27.4. The number of terminal acetylenes is 1. The van der Waals surface area contributed by atoms with E-state index in [0.717, 1.165) is 19.8 Å². The number of nitrogens with one attached hydrogen (secondary N) is 2. The molecule has 50 heavy (non-hydrogen) atoms. The quantitative estimate of drug-likeness (QED) is 0.0318. The summed E-state index contributed by atoms with van der Waals surface area (Å²) in [6.07, 6.45) is 5.76. The minimum absolute atomic E-state index is 0.0216. The third-order valence-electron chi connectivity index (χ3n) is 8.55. The van der Waals surface area contributed by atoms with Crippen LogP contribution in [-0.2, 0) is 31.5 Å². The predicted molar refractivity (Wildman–Crippen MR) is 189 cm³/mol. The largest absolute Gasteiger partial charge is 0.465 e. The van der Waals surface area contributed by atoms with Crippen LogP contribution in [0.5, 0.6) is 0 Å². The lowest BCUT2D eigenvalue weighted by atomic mass is 10.0. The molecule has 1 aromatic heterocycles. The number of ether oxygens (including phenoxy) is 3.